The molecule has 3 fully saturated rings. The van der Waals surface area contributed by atoms with Gasteiger partial charge in [0, 0.05) is 30.5 Å². The zero-order valence-electron chi connectivity index (χ0n) is 21.7. The van der Waals surface area contributed by atoms with Crippen LogP contribution >= 0.6 is 0 Å². The molecular formula is C28H42N6O. The van der Waals surface area contributed by atoms with Crippen LogP contribution in [0.4, 0.5) is 0 Å². The third-order valence-corrected chi connectivity index (χ3v) is 8.40. The van der Waals surface area contributed by atoms with E-state index in [-0.39, 0.29) is 17.9 Å². The first kappa shape index (κ1) is 24.3. The predicted molar refractivity (Wildman–Crippen MR) is 139 cm³/mol. The molecule has 35 heavy (non-hydrogen) atoms. The lowest BCUT2D eigenvalue weighted by molar-refractivity contribution is -0.126. The Morgan fingerprint density at radius 1 is 1.00 bits per heavy atom. The van der Waals surface area contributed by atoms with Gasteiger partial charge in [-0.3, -0.25) is 9.69 Å². The SMILES string of the molecule is Cc1nnc(C(C)C)n1N1CC2CCC(C1)N2CCC(NC(=O)C1CCCCC1)c1ccccc1. The van der Waals surface area contributed by atoms with Gasteiger partial charge >= 0.3 is 0 Å². The number of aromatic nitrogens is 3. The number of nitrogens with one attached hydrogen (secondary N) is 1. The maximum atomic E-state index is 13.1. The number of carbonyl (C=O) groups excluding carboxylic acids is 1. The second-order valence-corrected chi connectivity index (χ2v) is 11.2. The van der Waals surface area contributed by atoms with Crippen LogP contribution in [0.2, 0.25) is 0 Å². The van der Waals surface area contributed by atoms with Crippen molar-refractivity contribution < 1.29 is 4.79 Å². The van der Waals surface area contributed by atoms with Crippen molar-refractivity contribution in [3.05, 3.63) is 47.5 Å². The second-order valence-electron chi connectivity index (χ2n) is 11.2. The minimum absolute atomic E-state index is 0.0793. The number of benzene rings is 1. The zero-order valence-corrected chi connectivity index (χ0v) is 21.7. The summed E-state index contributed by atoms with van der Waals surface area (Å²) in [5.41, 5.74) is 1.23. The summed E-state index contributed by atoms with van der Waals surface area (Å²) in [6.45, 7) is 9.49. The molecule has 1 aliphatic carbocycles. The normalized spacial score (nSPS) is 24.2. The molecule has 1 aromatic carbocycles. The average molecular weight is 479 g/mol. The number of rotatable bonds is 8. The van der Waals surface area contributed by atoms with Crippen molar-refractivity contribution >= 4 is 5.91 Å². The van der Waals surface area contributed by atoms with E-state index in [1.54, 1.807) is 0 Å². The third kappa shape index (κ3) is 5.25. The Hall–Kier alpha value is -2.41. The van der Waals surface area contributed by atoms with Crippen LogP contribution in [0.25, 0.3) is 0 Å². The summed E-state index contributed by atoms with van der Waals surface area (Å²) in [5, 5.41) is 14.8. The van der Waals surface area contributed by atoms with Crippen molar-refractivity contribution in [3.63, 3.8) is 0 Å². The standard InChI is InChI=1S/C28H42N6O/c1-20(2)27-31-30-21(3)34(27)32-18-24-14-15-25(19-32)33(24)17-16-26(22-10-6-4-7-11-22)29-28(35)23-12-8-5-9-13-23/h4,6-7,10-11,20,23-26H,5,8-9,12-19H2,1-3H3,(H,29,35). The molecule has 190 valence electrons. The molecule has 2 saturated heterocycles. The van der Waals surface area contributed by atoms with E-state index in [9.17, 15) is 4.79 Å². The van der Waals surface area contributed by atoms with E-state index < -0.39 is 0 Å². The Bertz CT molecular complexity index is 969. The highest BCUT2D eigenvalue weighted by molar-refractivity contribution is 5.79. The number of aryl methyl sites for hydroxylation is 1. The molecule has 2 bridgehead atoms. The van der Waals surface area contributed by atoms with Crippen molar-refractivity contribution in [2.45, 2.75) is 96.2 Å². The van der Waals surface area contributed by atoms with Gasteiger partial charge in [0.1, 0.15) is 5.82 Å². The number of amides is 1. The topological polar surface area (TPSA) is 66.3 Å². The van der Waals surface area contributed by atoms with Crippen molar-refractivity contribution in [1.29, 1.82) is 0 Å². The summed E-state index contributed by atoms with van der Waals surface area (Å²) in [6.07, 6.45) is 9.17. The number of hydrogen-bond acceptors (Lipinski definition) is 5. The first-order chi connectivity index (χ1) is 17.0. The lowest BCUT2D eigenvalue weighted by Crippen LogP contribution is -2.58. The Morgan fingerprint density at radius 2 is 1.69 bits per heavy atom. The van der Waals surface area contributed by atoms with Gasteiger partial charge in [-0.2, -0.15) is 0 Å². The van der Waals surface area contributed by atoms with Crippen molar-refractivity contribution in [2.24, 2.45) is 5.92 Å². The molecule has 7 heteroatoms. The number of carbonyl (C=O) groups is 1. The molecule has 3 heterocycles. The zero-order chi connectivity index (χ0) is 24.4. The number of nitrogens with zero attached hydrogens (tertiary/aromatic N) is 5. The van der Waals surface area contributed by atoms with Crippen LogP contribution in [0.3, 0.4) is 0 Å². The van der Waals surface area contributed by atoms with Gasteiger partial charge in [-0.15, -0.1) is 10.2 Å². The fourth-order valence-corrected chi connectivity index (χ4v) is 6.52. The molecule has 0 spiro atoms. The Kier molecular flexibility index (Phi) is 7.42. The fraction of sp³-hybridized carbons (Fsp3) is 0.679. The van der Waals surface area contributed by atoms with Gasteiger partial charge in [0.05, 0.1) is 19.1 Å². The van der Waals surface area contributed by atoms with Crippen LogP contribution in [-0.4, -0.2) is 57.4 Å². The minimum Gasteiger partial charge on any atom is -0.349 e. The Balaban J connectivity index is 1.25. The first-order valence-electron chi connectivity index (χ1n) is 13.8. The monoisotopic (exact) mass is 478 g/mol. The Labute approximate surface area is 210 Å². The van der Waals surface area contributed by atoms with E-state index >= 15 is 0 Å². The maximum Gasteiger partial charge on any atom is 0.223 e. The summed E-state index contributed by atoms with van der Waals surface area (Å²) in [6, 6.07) is 11.7. The first-order valence-corrected chi connectivity index (χ1v) is 13.8. The van der Waals surface area contributed by atoms with E-state index in [1.165, 1.54) is 37.7 Å². The molecule has 1 amide bonds. The molecule has 0 radical (unpaired) electrons. The molecular weight excluding hydrogens is 436 g/mol. The van der Waals surface area contributed by atoms with Gasteiger partial charge in [0.25, 0.3) is 0 Å². The van der Waals surface area contributed by atoms with Gasteiger partial charge in [0.2, 0.25) is 5.91 Å². The highest BCUT2D eigenvalue weighted by atomic mass is 16.1. The van der Waals surface area contributed by atoms with Crippen LogP contribution in [0.15, 0.2) is 30.3 Å². The smallest absolute Gasteiger partial charge is 0.223 e. The van der Waals surface area contributed by atoms with Crippen LogP contribution in [0.5, 0.6) is 0 Å². The van der Waals surface area contributed by atoms with Crippen molar-refractivity contribution in [3.8, 4) is 0 Å². The highest BCUT2D eigenvalue weighted by Gasteiger charge is 2.41. The lowest BCUT2D eigenvalue weighted by atomic mass is 9.88. The quantitative estimate of drug-likeness (QED) is 0.612. The molecule has 3 atom stereocenters. The van der Waals surface area contributed by atoms with E-state index in [0.717, 1.165) is 50.5 Å². The van der Waals surface area contributed by atoms with Crippen LogP contribution < -0.4 is 10.3 Å². The summed E-state index contributed by atoms with van der Waals surface area (Å²) in [5.74, 6) is 2.85. The second kappa shape index (κ2) is 10.7. The van der Waals surface area contributed by atoms with Crippen molar-refractivity contribution in [1.82, 2.24) is 25.1 Å². The van der Waals surface area contributed by atoms with E-state index in [1.807, 2.05) is 0 Å². The molecule has 7 nitrogen and oxygen atoms in total. The molecule has 1 N–H and O–H groups in total. The number of fused-ring (bicyclic) bond motifs is 2. The van der Waals surface area contributed by atoms with Gasteiger partial charge in [-0.25, -0.2) is 4.68 Å². The van der Waals surface area contributed by atoms with Crippen molar-refractivity contribution in [2.75, 3.05) is 24.6 Å². The molecule has 1 saturated carbocycles. The number of piperazine rings is 1. The summed E-state index contributed by atoms with van der Waals surface area (Å²) in [4.78, 5) is 15.8. The molecule has 1 aromatic heterocycles. The van der Waals surface area contributed by atoms with Gasteiger partial charge in [-0.05, 0) is 44.6 Å². The maximum absolute atomic E-state index is 13.1. The van der Waals surface area contributed by atoms with Crippen LogP contribution in [0.1, 0.15) is 94.4 Å². The molecule has 2 aromatic rings. The summed E-state index contributed by atoms with van der Waals surface area (Å²) >= 11 is 0. The van der Waals surface area contributed by atoms with Crippen LogP contribution in [0, 0.1) is 12.8 Å². The van der Waals surface area contributed by atoms with Crippen LogP contribution in [-0.2, 0) is 4.79 Å². The molecule has 5 rings (SSSR count). The molecule has 2 aliphatic heterocycles. The van der Waals surface area contributed by atoms with Gasteiger partial charge in [0.15, 0.2) is 5.82 Å². The lowest BCUT2D eigenvalue weighted by Gasteiger charge is -2.43. The van der Waals surface area contributed by atoms with E-state index in [0.29, 0.717) is 18.0 Å². The molecule has 3 aliphatic rings. The Morgan fingerprint density at radius 3 is 2.34 bits per heavy atom. The third-order valence-electron chi connectivity index (χ3n) is 8.40. The fourth-order valence-electron chi connectivity index (χ4n) is 6.52. The predicted octanol–water partition coefficient (Wildman–Crippen LogP) is 4.32. The van der Waals surface area contributed by atoms with E-state index in [2.05, 4.69) is 81.2 Å². The summed E-state index contributed by atoms with van der Waals surface area (Å²) < 4.78 is 2.27. The number of hydrogen-bond donors (Lipinski definition) is 1. The highest BCUT2D eigenvalue weighted by Crippen LogP contribution is 2.32. The average Bonchev–Trinajstić information content (AvgIpc) is 3.38. The molecule has 3 unspecified atom stereocenters. The van der Waals surface area contributed by atoms with E-state index in [4.69, 9.17) is 0 Å². The largest absolute Gasteiger partial charge is 0.349 e. The van der Waals surface area contributed by atoms with Gasteiger partial charge in [-0.1, -0.05) is 63.4 Å². The van der Waals surface area contributed by atoms with Gasteiger partial charge < -0.3 is 10.3 Å². The summed E-state index contributed by atoms with van der Waals surface area (Å²) in [7, 11) is 0. The minimum atomic E-state index is 0.0793.